The van der Waals surface area contributed by atoms with Crippen molar-refractivity contribution in [1.82, 2.24) is 5.32 Å². The van der Waals surface area contributed by atoms with Crippen molar-refractivity contribution in [3.8, 4) is 0 Å². The van der Waals surface area contributed by atoms with E-state index in [2.05, 4.69) is 29.6 Å². The summed E-state index contributed by atoms with van der Waals surface area (Å²) in [5, 5.41) is 3.95. The Morgan fingerprint density at radius 2 is 1.95 bits per heavy atom. The Morgan fingerprint density at radius 3 is 2.70 bits per heavy atom. The maximum absolute atomic E-state index is 12.9. The van der Waals surface area contributed by atoms with Crippen molar-refractivity contribution in [1.29, 1.82) is 0 Å². The van der Waals surface area contributed by atoms with Gasteiger partial charge in [-0.05, 0) is 43.9 Å². The third-order valence-corrected chi connectivity index (χ3v) is 6.80. The summed E-state index contributed by atoms with van der Waals surface area (Å²) in [7, 11) is 1.21. The lowest BCUT2D eigenvalue weighted by Crippen LogP contribution is -2.41. The van der Waals surface area contributed by atoms with Crippen LogP contribution in [0.15, 0.2) is 24.3 Å². The summed E-state index contributed by atoms with van der Waals surface area (Å²) in [5.41, 5.74) is 2.75. The highest BCUT2D eigenvalue weighted by Gasteiger charge is 2.36. The van der Waals surface area contributed by atoms with Gasteiger partial charge in [0.25, 0.3) is 0 Å². The van der Waals surface area contributed by atoms with Crippen LogP contribution >= 0.6 is 0 Å². The Kier molecular flexibility index (Phi) is 4.54. The molecule has 20 heavy (non-hydrogen) atoms. The van der Waals surface area contributed by atoms with Crippen LogP contribution < -0.4 is 5.32 Å². The third-order valence-electron chi connectivity index (χ3n) is 4.57. The highest BCUT2D eigenvalue weighted by molar-refractivity contribution is 7.86. The Bertz CT molecular complexity index is 485. The van der Waals surface area contributed by atoms with E-state index in [9.17, 15) is 4.21 Å². The standard InChI is InChI=1S/C16H23NO2S/c1-17-16-14-5-3-2-4-12(14)6-7-15(16)20(18)13-8-10-19-11-9-13/h2-5,13,15-17H,6-11H2,1H3. The van der Waals surface area contributed by atoms with E-state index in [1.54, 1.807) is 0 Å². The van der Waals surface area contributed by atoms with E-state index in [1.807, 2.05) is 7.05 Å². The van der Waals surface area contributed by atoms with Gasteiger partial charge in [-0.1, -0.05) is 24.3 Å². The van der Waals surface area contributed by atoms with E-state index in [4.69, 9.17) is 4.74 Å². The van der Waals surface area contributed by atoms with Crippen molar-refractivity contribution in [2.45, 2.75) is 42.2 Å². The molecule has 1 fully saturated rings. The van der Waals surface area contributed by atoms with Crippen LogP contribution in [0.5, 0.6) is 0 Å². The average Bonchev–Trinajstić information content (AvgIpc) is 2.54. The van der Waals surface area contributed by atoms with Gasteiger partial charge in [-0.2, -0.15) is 0 Å². The van der Waals surface area contributed by atoms with Gasteiger partial charge in [-0.3, -0.25) is 4.21 Å². The van der Waals surface area contributed by atoms with Crippen LogP contribution in [0.2, 0.25) is 0 Å². The molecule has 1 aliphatic heterocycles. The molecule has 1 aliphatic carbocycles. The molecule has 3 rings (SSSR count). The normalized spacial score (nSPS) is 28.9. The summed E-state index contributed by atoms with van der Waals surface area (Å²) in [6.07, 6.45) is 3.96. The number of nitrogens with one attached hydrogen (secondary N) is 1. The molecular formula is C16H23NO2S. The van der Waals surface area contributed by atoms with Crippen LogP contribution in [-0.4, -0.2) is 35.0 Å². The van der Waals surface area contributed by atoms with E-state index in [0.29, 0.717) is 5.25 Å². The van der Waals surface area contributed by atoms with Crippen LogP contribution in [0, 0.1) is 0 Å². The van der Waals surface area contributed by atoms with Gasteiger partial charge >= 0.3 is 0 Å². The molecule has 0 aromatic heterocycles. The van der Waals surface area contributed by atoms with E-state index in [1.165, 1.54) is 11.1 Å². The predicted octanol–water partition coefficient (Wildman–Crippen LogP) is 2.19. The molecule has 1 N–H and O–H groups in total. The van der Waals surface area contributed by atoms with Gasteiger partial charge in [0.15, 0.2) is 0 Å². The summed E-state index contributed by atoms with van der Waals surface area (Å²) < 4.78 is 18.3. The second-order valence-electron chi connectivity index (χ2n) is 5.68. The fourth-order valence-electron chi connectivity index (χ4n) is 3.48. The lowest BCUT2D eigenvalue weighted by molar-refractivity contribution is 0.0990. The Balaban J connectivity index is 1.81. The number of benzene rings is 1. The fraction of sp³-hybridized carbons (Fsp3) is 0.625. The zero-order chi connectivity index (χ0) is 13.9. The second-order valence-corrected chi connectivity index (χ2v) is 7.61. The first kappa shape index (κ1) is 14.2. The van der Waals surface area contributed by atoms with Crippen molar-refractivity contribution in [2.24, 2.45) is 0 Å². The molecule has 2 aliphatic rings. The first-order valence-corrected chi connectivity index (χ1v) is 8.81. The molecule has 3 nitrogen and oxygen atoms in total. The zero-order valence-electron chi connectivity index (χ0n) is 12.0. The van der Waals surface area contributed by atoms with Gasteiger partial charge in [-0.25, -0.2) is 0 Å². The number of hydrogen-bond acceptors (Lipinski definition) is 3. The largest absolute Gasteiger partial charge is 0.381 e. The average molecular weight is 293 g/mol. The molecule has 110 valence electrons. The Labute approximate surface area is 123 Å². The fourth-order valence-corrected chi connectivity index (χ4v) is 5.53. The number of fused-ring (bicyclic) bond motifs is 1. The monoisotopic (exact) mass is 293 g/mol. The molecule has 3 atom stereocenters. The Hall–Kier alpha value is -0.710. The van der Waals surface area contributed by atoms with E-state index in [-0.39, 0.29) is 11.3 Å². The van der Waals surface area contributed by atoms with Crippen LogP contribution in [0.25, 0.3) is 0 Å². The molecule has 0 amide bonds. The van der Waals surface area contributed by atoms with Gasteiger partial charge in [0, 0.05) is 35.3 Å². The lowest BCUT2D eigenvalue weighted by Gasteiger charge is -2.35. The minimum atomic E-state index is -0.773. The minimum Gasteiger partial charge on any atom is -0.381 e. The molecule has 0 saturated carbocycles. The van der Waals surface area contributed by atoms with Gasteiger partial charge in [0.05, 0.1) is 5.25 Å². The van der Waals surface area contributed by atoms with Crippen molar-refractivity contribution in [2.75, 3.05) is 20.3 Å². The number of hydrogen-bond donors (Lipinski definition) is 1. The molecule has 1 aromatic carbocycles. The zero-order valence-corrected chi connectivity index (χ0v) is 12.8. The van der Waals surface area contributed by atoms with Crippen LogP contribution in [0.3, 0.4) is 0 Å². The van der Waals surface area contributed by atoms with Crippen molar-refractivity contribution < 1.29 is 8.95 Å². The summed E-state index contributed by atoms with van der Waals surface area (Å²) in [6.45, 7) is 1.54. The highest BCUT2D eigenvalue weighted by atomic mass is 32.2. The summed E-state index contributed by atoms with van der Waals surface area (Å²) in [4.78, 5) is 0. The van der Waals surface area contributed by atoms with Crippen LogP contribution in [0.1, 0.15) is 36.4 Å². The SMILES string of the molecule is CNC1c2ccccc2CCC1S(=O)C1CCOCC1. The second kappa shape index (κ2) is 6.37. The van der Waals surface area contributed by atoms with Gasteiger partial charge in [-0.15, -0.1) is 0 Å². The molecule has 1 aromatic rings. The lowest BCUT2D eigenvalue weighted by atomic mass is 9.87. The smallest absolute Gasteiger partial charge is 0.0548 e. The number of aryl methyl sites for hydroxylation is 1. The van der Waals surface area contributed by atoms with Crippen LogP contribution in [0.4, 0.5) is 0 Å². The van der Waals surface area contributed by atoms with Crippen molar-refractivity contribution in [3.63, 3.8) is 0 Å². The summed E-state index contributed by atoms with van der Waals surface area (Å²) >= 11 is 0. The minimum absolute atomic E-state index is 0.226. The van der Waals surface area contributed by atoms with E-state index >= 15 is 0 Å². The van der Waals surface area contributed by atoms with E-state index in [0.717, 1.165) is 38.9 Å². The molecular weight excluding hydrogens is 270 g/mol. The topological polar surface area (TPSA) is 38.3 Å². The Morgan fingerprint density at radius 1 is 1.20 bits per heavy atom. The third kappa shape index (κ3) is 2.69. The van der Waals surface area contributed by atoms with Gasteiger partial charge in [0.1, 0.15) is 0 Å². The molecule has 4 heteroatoms. The number of ether oxygens (including phenoxy) is 1. The molecule has 1 heterocycles. The molecule has 0 spiro atoms. The first-order valence-electron chi connectivity index (χ1n) is 7.53. The maximum Gasteiger partial charge on any atom is 0.0548 e. The van der Waals surface area contributed by atoms with Gasteiger partial charge < -0.3 is 10.1 Å². The van der Waals surface area contributed by atoms with Crippen molar-refractivity contribution >= 4 is 10.8 Å². The predicted molar refractivity (Wildman–Crippen MR) is 82.3 cm³/mol. The quantitative estimate of drug-likeness (QED) is 0.928. The van der Waals surface area contributed by atoms with Crippen LogP contribution in [-0.2, 0) is 22.0 Å². The van der Waals surface area contributed by atoms with E-state index < -0.39 is 10.8 Å². The molecule has 1 saturated heterocycles. The summed E-state index contributed by atoms with van der Waals surface area (Å²) in [5.74, 6) is 0. The number of rotatable bonds is 3. The highest BCUT2D eigenvalue weighted by Crippen LogP contribution is 2.34. The molecule has 0 radical (unpaired) electrons. The van der Waals surface area contributed by atoms with Crippen molar-refractivity contribution in [3.05, 3.63) is 35.4 Å². The maximum atomic E-state index is 12.9. The first-order chi connectivity index (χ1) is 9.81. The molecule has 0 bridgehead atoms. The molecule has 3 unspecified atom stereocenters. The van der Waals surface area contributed by atoms with Gasteiger partial charge in [0.2, 0.25) is 0 Å². The summed E-state index contributed by atoms with van der Waals surface area (Å²) in [6, 6.07) is 8.80.